The Kier molecular flexibility index (Phi) is 4.31. The van der Waals surface area contributed by atoms with Crippen LogP contribution in [0.25, 0.3) is 0 Å². The van der Waals surface area contributed by atoms with E-state index in [-0.39, 0.29) is 11.1 Å². The van der Waals surface area contributed by atoms with Crippen molar-refractivity contribution in [2.24, 2.45) is 0 Å². The molecular formula is C11H16ClN3O2. The minimum atomic E-state index is -0.429. The minimum Gasteiger partial charge on any atom is -0.397 e. The third kappa shape index (κ3) is 3.87. The Morgan fingerprint density at radius 2 is 2.29 bits per heavy atom. The summed E-state index contributed by atoms with van der Waals surface area (Å²) in [6.45, 7) is 4.12. The van der Waals surface area contributed by atoms with Crippen LogP contribution in [0.15, 0.2) is 12.3 Å². The predicted octanol–water partition coefficient (Wildman–Crippen LogP) is 1.47. The number of nitrogens with one attached hydrogen (secondary N) is 1. The summed E-state index contributed by atoms with van der Waals surface area (Å²) in [7, 11) is 1.59. The number of amides is 1. The predicted molar refractivity (Wildman–Crippen MR) is 67.1 cm³/mol. The summed E-state index contributed by atoms with van der Waals surface area (Å²) in [5, 5.41) is 2.96. The Balaban J connectivity index is 2.74. The number of halogens is 1. The van der Waals surface area contributed by atoms with E-state index in [4.69, 9.17) is 22.1 Å². The maximum absolute atomic E-state index is 11.8. The number of nitrogen functional groups attached to an aromatic ring is 1. The summed E-state index contributed by atoms with van der Waals surface area (Å²) in [6, 6.07) is 1.44. The van der Waals surface area contributed by atoms with E-state index in [1.165, 1.54) is 12.3 Å². The number of ether oxygens (including phenoxy) is 1. The van der Waals surface area contributed by atoms with Crippen molar-refractivity contribution in [3.05, 3.63) is 23.0 Å². The number of carbonyl (C=O) groups excluding carboxylic acids is 1. The zero-order valence-corrected chi connectivity index (χ0v) is 10.8. The number of methoxy groups -OCH3 is 1. The van der Waals surface area contributed by atoms with Crippen LogP contribution < -0.4 is 11.1 Å². The van der Waals surface area contributed by atoms with E-state index < -0.39 is 5.60 Å². The van der Waals surface area contributed by atoms with Crippen LogP contribution in [-0.4, -0.2) is 30.1 Å². The van der Waals surface area contributed by atoms with Crippen LogP contribution in [0.5, 0.6) is 0 Å². The molecule has 1 aromatic rings. The molecule has 0 atom stereocenters. The third-order valence-electron chi connectivity index (χ3n) is 2.37. The minimum absolute atomic E-state index is 0.232. The average Bonchev–Trinajstić information content (AvgIpc) is 2.29. The van der Waals surface area contributed by atoms with Crippen molar-refractivity contribution in [3.63, 3.8) is 0 Å². The molecule has 0 bridgehead atoms. The van der Waals surface area contributed by atoms with Crippen molar-refractivity contribution in [2.75, 3.05) is 19.4 Å². The Morgan fingerprint density at radius 3 is 2.88 bits per heavy atom. The summed E-state index contributed by atoms with van der Waals surface area (Å²) in [4.78, 5) is 15.6. The first-order chi connectivity index (χ1) is 7.85. The Bertz CT molecular complexity index is 421. The van der Waals surface area contributed by atoms with Crippen molar-refractivity contribution in [2.45, 2.75) is 19.4 Å². The van der Waals surface area contributed by atoms with Crippen LogP contribution in [0.2, 0.25) is 5.15 Å². The van der Waals surface area contributed by atoms with Gasteiger partial charge in [0.05, 0.1) is 23.0 Å². The highest BCUT2D eigenvalue weighted by molar-refractivity contribution is 6.29. The Morgan fingerprint density at radius 1 is 1.65 bits per heavy atom. The SMILES string of the molecule is COC(C)(C)CNC(=O)c1cc(Cl)ncc1N. The Labute approximate surface area is 105 Å². The Hall–Kier alpha value is -1.33. The number of hydrogen-bond acceptors (Lipinski definition) is 4. The standard InChI is InChI=1S/C11H16ClN3O2/c1-11(2,17-3)6-15-10(16)7-4-9(12)14-5-8(7)13/h4-5H,6,13H2,1-3H3,(H,15,16). The van der Waals surface area contributed by atoms with E-state index in [1.54, 1.807) is 7.11 Å². The molecule has 1 aromatic heterocycles. The number of rotatable bonds is 4. The summed E-state index contributed by atoms with van der Waals surface area (Å²) >= 11 is 5.71. The van der Waals surface area contributed by atoms with E-state index in [2.05, 4.69) is 10.3 Å². The lowest BCUT2D eigenvalue weighted by Gasteiger charge is -2.23. The summed E-state index contributed by atoms with van der Waals surface area (Å²) in [5.41, 5.74) is 5.83. The van der Waals surface area contributed by atoms with E-state index in [0.717, 1.165) is 0 Å². The molecule has 1 heterocycles. The van der Waals surface area contributed by atoms with Gasteiger partial charge in [0, 0.05) is 13.7 Å². The quantitative estimate of drug-likeness (QED) is 0.801. The van der Waals surface area contributed by atoms with Gasteiger partial charge in [-0.15, -0.1) is 0 Å². The fourth-order valence-electron chi connectivity index (χ4n) is 1.10. The molecule has 0 spiro atoms. The van der Waals surface area contributed by atoms with Gasteiger partial charge in [0.25, 0.3) is 5.91 Å². The number of carbonyl (C=O) groups is 1. The maximum Gasteiger partial charge on any atom is 0.253 e. The zero-order valence-electron chi connectivity index (χ0n) is 10.1. The number of pyridine rings is 1. The maximum atomic E-state index is 11.8. The van der Waals surface area contributed by atoms with Gasteiger partial charge < -0.3 is 15.8 Å². The topological polar surface area (TPSA) is 77.2 Å². The molecule has 0 unspecified atom stereocenters. The van der Waals surface area contributed by atoms with Crippen LogP contribution in [0, 0.1) is 0 Å². The zero-order chi connectivity index (χ0) is 13.1. The molecule has 0 radical (unpaired) electrons. The first-order valence-corrected chi connectivity index (χ1v) is 5.48. The first kappa shape index (κ1) is 13.7. The molecular weight excluding hydrogens is 242 g/mol. The molecule has 17 heavy (non-hydrogen) atoms. The van der Waals surface area contributed by atoms with E-state index in [1.807, 2.05) is 13.8 Å². The molecule has 5 nitrogen and oxygen atoms in total. The van der Waals surface area contributed by atoms with Crippen LogP contribution >= 0.6 is 11.6 Å². The van der Waals surface area contributed by atoms with Crippen molar-refractivity contribution < 1.29 is 9.53 Å². The number of nitrogens with two attached hydrogens (primary N) is 1. The lowest BCUT2D eigenvalue weighted by Crippen LogP contribution is -2.39. The van der Waals surface area contributed by atoms with Crippen LogP contribution in [0.4, 0.5) is 5.69 Å². The van der Waals surface area contributed by atoms with Gasteiger partial charge in [-0.05, 0) is 19.9 Å². The van der Waals surface area contributed by atoms with Gasteiger partial charge in [-0.3, -0.25) is 4.79 Å². The number of nitrogens with zero attached hydrogens (tertiary/aromatic N) is 1. The first-order valence-electron chi connectivity index (χ1n) is 5.10. The van der Waals surface area contributed by atoms with Gasteiger partial charge in [0.2, 0.25) is 0 Å². The lowest BCUT2D eigenvalue weighted by molar-refractivity contribution is 0.0229. The average molecular weight is 258 g/mol. The lowest BCUT2D eigenvalue weighted by atomic mass is 10.1. The second kappa shape index (κ2) is 5.33. The molecule has 0 aliphatic rings. The van der Waals surface area contributed by atoms with Crippen LogP contribution in [0.1, 0.15) is 24.2 Å². The molecule has 6 heteroatoms. The molecule has 0 aliphatic heterocycles. The number of aromatic nitrogens is 1. The largest absolute Gasteiger partial charge is 0.397 e. The van der Waals surface area contributed by atoms with Gasteiger partial charge in [0.15, 0.2) is 0 Å². The third-order valence-corrected chi connectivity index (χ3v) is 2.58. The molecule has 1 amide bonds. The van der Waals surface area contributed by atoms with Crippen molar-refractivity contribution in [1.82, 2.24) is 10.3 Å². The second-order valence-electron chi connectivity index (χ2n) is 4.24. The van der Waals surface area contributed by atoms with Crippen molar-refractivity contribution >= 4 is 23.2 Å². The van der Waals surface area contributed by atoms with Crippen molar-refractivity contribution in [1.29, 1.82) is 0 Å². The molecule has 1 rings (SSSR count). The van der Waals surface area contributed by atoms with Gasteiger partial charge in [0.1, 0.15) is 5.15 Å². The molecule has 94 valence electrons. The summed E-state index contributed by atoms with van der Waals surface area (Å²) in [6.07, 6.45) is 1.36. The van der Waals surface area contributed by atoms with Crippen molar-refractivity contribution in [3.8, 4) is 0 Å². The molecule has 0 aromatic carbocycles. The molecule has 0 aliphatic carbocycles. The van der Waals surface area contributed by atoms with E-state index >= 15 is 0 Å². The van der Waals surface area contributed by atoms with E-state index in [0.29, 0.717) is 17.8 Å². The summed E-state index contributed by atoms with van der Waals surface area (Å²) < 4.78 is 5.19. The van der Waals surface area contributed by atoms with Crippen LogP contribution in [-0.2, 0) is 4.74 Å². The normalized spacial score (nSPS) is 11.3. The molecule has 3 N–H and O–H groups in total. The molecule has 0 saturated heterocycles. The van der Waals surface area contributed by atoms with Gasteiger partial charge in [-0.1, -0.05) is 11.6 Å². The number of hydrogen-bond donors (Lipinski definition) is 2. The summed E-state index contributed by atoms with van der Waals surface area (Å²) in [5.74, 6) is -0.295. The van der Waals surface area contributed by atoms with Gasteiger partial charge in [-0.2, -0.15) is 0 Å². The van der Waals surface area contributed by atoms with Gasteiger partial charge in [-0.25, -0.2) is 4.98 Å². The highest BCUT2D eigenvalue weighted by Crippen LogP contribution is 2.15. The molecule has 0 fully saturated rings. The fraction of sp³-hybridized carbons (Fsp3) is 0.455. The van der Waals surface area contributed by atoms with Gasteiger partial charge >= 0.3 is 0 Å². The van der Waals surface area contributed by atoms with Crippen LogP contribution in [0.3, 0.4) is 0 Å². The smallest absolute Gasteiger partial charge is 0.253 e. The highest BCUT2D eigenvalue weighted by atomic mass is 35.5. The van der Waals surface area contributed by atoms with E-state index in [9.17, 15) is 4.79 Å². The number of anilines is 1. The monoisotopic (exact) mass is 257 g/mol. The highest BCUT2D eigenvalue weighted by Gasteiger charge is 2.19. The second-order valence-corrected chi connectivity index (χ2v) is 4.63. The fourth-order valence-corrected chi connectivity index (χ4v) is 1.26. The molecule has 0 saturated carbocycles.